The Balaban J connectivity index is 1.99. The van der Waals surface area contributed by atoms with E-state index < -0.39 is 0 Å². The Labute approximate surface area is 129 Å². The van der Waals surface area contributed by atoms with Gasteiger partial charge in [-0.1, -0.05) is 34.1 Å². The first kappa shape index (κ1) is 13.7. The Morgan fingerprint density at radius 2 is 2.05 bits per heavy atom. The zero-order chi connectivity index (χ0) is 14.1. The first-order valence-corrected chi connectivity index (χ1v) is 7.83. The number of para-hydroxylation sites is 2. The van der Waals surface area contributed by atoms with Crippen molar-refractivity contribution in [2.24, 2.45) is 5.73 Å². The van der Waals surface area contributed by atoms with E-state index in [4.69, 9.17) is 10.2 Å². The number of aromatic nitrogens is 1. The Morgan fingerprint density at radius 1 is 1.25 bits per heavy atom. The molecule has 0 fully saturated rings. The maximum atomic E-state index is 6.01. The topological polar surface area (TPSA) is 52.0 Å². The van der Waals surface area contributed by atoms with Gasteiger partial charge in [-0.25, -0.2) is 4.98 Å². The fraction of sp³-hybridized carbons (Fsp3) is 0.133. The monoisotopic (exact) mass is 348 g/mol. The lowest BCUT2D eigenvalue weighted by Crippen LogP contribution is -2.06. The molecule has 2 aromatic carbocycles. The third-order valence-electron chi connectivity index (χ3n) is 2.94. The fourth-order valence-corrected chi connectivity index (χ4v) is 3.50. The lowest BCUT2D eigenvalue weighted by molar-refractivity contribution is 0.489. The number of hydrogen-bond acceptors (Lipinski definition) is 4. The zero-order valence-corrected chi connectivity index (χ0v) is 13.2. The predicted molar refractivity (Wildman–Crippen MR) is 84.9 cm³/mol. The van der Waals surface area contributed by atoms with Gasteiger partial charge in [-0.05, 0) is 48.5 Å². The van der Waals surface area contributed by atoms with Crippen molar-refractivity contribution in [2.75, 3.05) is 0 Å². The molecule has 1 heterocycles. The van der Waals surface area contributed by atoms with Gasteiger partial charge < -0.3 is 10.2 Å². The number of hydrogen-bond donors (Lipinski definition) is 1. The molecule has 0 radical (unpaired) electrons. The molecule has 0 saturated carbocycles. The summed E-state index contributed by atoms with van der Waals surface area (Å²) in [6.45, 7) is 1.97. The van der Waals surface area contributed by atoms with Crippen LogP contribution in [0.25, 0.3) is 11.1 Å². The summed E-state index contributed by atoms with van der Waals surface area (Å²) < 4.78 is 6.76. The van der Waals surface area contributed by atoms with E-state index in [9.17, 15) is 0 Å². The molecule has 3 nitrogen and oxygen atoms in total. The number of benzene rings is 2. The summed E-state index contributed by atoms with van der Waals surface area (Å²) in [6, 6.07) is 13.8. The molecular formula is C15H13BrN2OS. The first-order chi connectivity index (χ1) is 9.63. The summed E-state index contributed by atoms with van der Waals surface area (Å²) in [5.41, 5.74) is 8.76. The standard InChI is InChI=1S/C15H13BrN2OS/c1-9(17)11-7-6-10(16)8-14(11)20-15-18-12-4-2-3-5-13(12)19-15/h2-9H,17H2,1H3. The number of nitrogens with zero attached hydrogens (tertiary/aromatic N) is 1. The quantitative estimate of drug-likeness (QED) is 0.741. The van der Waals surface area contributed by atoms with Crippen molar-refractivity contribution in [2.45, 2.75) is 23.1 Å². The average Bonchev–Trinajstić information content (AvgIpc) is 2.80. The summed E-state index contributed by atoms with van der Waals surface area (Å²) in [5.74, 6) is 0. The van der Waals surface area contributed by atoms with Crippen LogP contribution in [0.2, 0.25) is 0 Å². The summed E-state index contributed by atoms with van der Waals surface area (Å²) >= 11 is 4.98. The van der Waals surface area contributed by atoms with Gasteiger partial charge in [0.25, 0.3) is 5.22 Å². The molecule has 3 rings (SSSR count). The van der Waals surface area contributed by atoms with Gasteiger partial charge in [0.2, 0.25) is 0 Å². The molecule has 0 amide bonds. The first-order valence-electron chi connectivity index (χ1n) is 6.22. The molecule has 2 N–H and O–H groups in total. The van der Waals surface area contributed by atoms with E-state index in [-0.39, 0.29) is 6.04 Å². The molecule has 3 aromatic rings. The van der Waals surface area contributed by atoms with Crippen LogP contribution in [0.3, 0.4) is 0 Å². The van der Waals surface area contributed by atoms with Crippen LogP contribution in [-0.4, -0.2) is 4.98 Å². The van der Waals surface area contributed by atoms with Gasteiger partial charge in [0.1, 0.15) is 5.52 Å². The van der Waals surface area contributed by atoms with Crippen LogP contribution in [0.4, 0.5) is 0 Å². The lowest BCUT2D eigenvalue weighted by Gasteiger charge is -2.11. The van der Waals surface area contributed by atoms with Crippen LogP contribution in [-0.2, 0) is 0 Å². The summed E-state index contributed by atoms with van der Waals surface area (Å²) in [4.78, 5) is 5.53. The third kappa shape index (κ3) is 2.75. The number of nitrogens with two attached hydrogens (primary N) is 1. The van der Waals surface area contributed by atoms with Crippen molar-refractivity contribution < 1.29 is 4.42 Å². The van der Waals surface area contributed by atoms with Gasteiger partial charge in [0.15, 0.2) is 5.58 Å². The molecule has 0 bridgehead atoms. The average molecular weight is 349 g/mol. The Bertz CT molecular complexity index is 721. The van der Waals surface area contributed by atoms with Gasteiger partial charge in [-0.15, -0.1) is 0 Å². The maximum absolute atomic E-state index is 6.01. The molecule has 1 unspecified atom stereocenters. The molecule has 0 spiro atoms. The Morgan fingerprint density at radius 3 is 2.80 bits per heavy atom. The van der Waals surface area contributed by atoms with E-state index in [0.29, 0.717) is 5.22 Å². The molecule has 102 valence electrons. The zero-order valence-electron chi connectivity index (χ0n) is 10.8. The fourth-order valence-electron chi connectivity index (χ4n) is 1.96. The number of rotatable bonds is 3. The van der Waals surface area contributed by atoms with Crippen LogP contribution in [0.15, 0.2) is 61.5 Å². The van der Waals surface area contributed by atoms with Crippen molar-refractivity contribution in [3.05, 3.63) is 52.5 Å². The van der Waals surface area contributed by atoms with Crippen LogP contribution < -0.4 is 5.73 Å². The van der Waals surface area contributed by atoms with Crippen molar-refractivity contribution in [1.29, 1.82) is 0 Å². The van der Waals surface area contributed by atoms with Gasteiger partial charge in [0, 0.05) is 15.4 Å². The van der Waals surface area contributed by atoms with E-state index in [1.165, 1.54) is 11.8 Å². The minimum atomic E-state index is -0.0324. The largest absolute Gasteiger partial charge is 0.431 e. The minimum absolute atomic E-state index is 0.0324. The molecular weight excluding hydrogens is 336 g/mol. The highest BCUT2D eigenvalue weighted by Gasteiger charge is 2.13. The van der Waals surface area contributed by atoms with Crippen molar-refractivity contribution >= 4 is 38.8 Å². The van der Waals surface area contributed by atoms with E-state index in [1.807, 2.05) is 49.4 Å². The molecule has 5 heteroatoms. The van der Waals surface area contributed by atoms with Crippen molar-refractivity contribution in [1.82, 2.24) is 4.98 Å². The SMILES string of the molecule is CC(N)c1ccc(Br)cc1Sc1nc2ccccc2o1. The number of fused-ring (bicyclic) bond motifs is 1. The maximum Gasteiger partial charge on any atom is 0.261 e. The highest BCUT2D eigenvalue weighted by atomic mass is 79.9. The summed E-state index contributed by atoms with van der Waals surface area (Å²) in [5, 5.41) is 0.631. The molecule has 0 aliphatic heterocycles. The molecule has 1 aromatic heterocycles. The van der Waals surface area contributed by atoms with Gasteiger partial charge in [0.05, 0.1) is 0 Å². The van der Waals surface area contributed by atoms with Crippen LogP contribution in [0, 0.1) is 0 Å². The number of halogens is 1. The van der Waals surface area contributed by atoms with Gasteiger partial charge in [-0.3, -0.25) is 0 Å². The van der Waals surface area contributed by atoms with Crippen molar-refractivity contribution in [3.8, 4) is 0 Å². The second-order valence-corrected chi connectivity index (χ2v) is 6.43. The molecule has 0 aliphatic rings. The molecule has 20 heavy (non-hydrogen) atoms. The highest BCUT2D eigenvalue weighted by molar-refractivity contribution is 9.10. The second-order valence-electron chi connectivity index (χ2n) is 4.52. The summed E-state index contributed by atoms with van der Waals surface area (Å²) in [6.07, 6.45) is 0. The molecule has 1 atom stereocenters. The Hall–Kier alpha value is -1.30. The summed E-state index contributed by atoms with van der Waals surface area (Å²) in [7, 11) is 0. The van der Waals surface area contributed by atoms with E-state index in [1.54, 1.807) is 0 Å². The molecule has 0 aliphatic carbocycles. The number of oxazole rings is 1. The van der Waals surface area contributed by atoms with Gasteiger partial charge >= 0.3 is 0 Å². The van der Waals surface area contributed by atoms with E-state index in [0.717, 1.165) is 26.0 Å². The van der Waals surface area contributed by atoms with Crippen molar-refractivity contribution in [3.63, 3.8) is 0 Å². The van der Waals surface area contributed by atoms with Crippen LogP contribution in [0.1, 0.15) is 18.5 Å². The smallest absolute Gasteiger partial charge is 0.261 e. The third-order valence-corrected chi connectivity index (χ3v) is 4.35. The highest BCUT2D eigenvalue weighted by Crippen LogP contribution is 2.35. The predicted octanol–water partition coefficient (Wildman–Crippen LogP) is 4.76. The minimum Gasteiger partial charge on any atom is -0.431 e. The normalized spacial score (nSPS) is 12.8. The Kier molecular flexibility index (Phi) is 3.83. The van der Waals surface area contributed by atoms with E-state index in [2.05, 4.69) is 20.9 Å². The van der Waals surface area contributed by atoms with Crippen LogP contribution >= 0.6 is 27.7 Å². The lowest BCUT2D eigenvalue weighted by atomic mass is 10.1. The van der Waals surface area contributed by atoms with Gasteiger partial charge in [-0.2, -0.15) is 0 Å². The van der Waals surface area contributed by atoms with Crippen LogP contribution in [0.5, 0.6) is 0 Å². The second kappa shape index (κ2) is 5.60. The van der Waals surface area contributed by atoms with E-state index >= 15 is 0 Å². The molecule has 0 saturated heterocycles.